The number of nitrogens with zero attached hydrogens (tertiary/aromatic N) is 1. The minimum atomic E-state index is -0.279. The predicted molar refractivity (Wildman–Crippen MR) is 43.1 cm³/mol. The van der Waals surface area contributed by atoms with Gasteiger partial charge in [-0.3, -0.25) is 0 Å². The molecule has 0 saturated carbocycles. The number of unbranched alkanes of at least 4 members (excludes halogenated alkanes) is 1. The van der Waals surface area contributed by atoms with Gasteiger partial charge in [-0.05, 0) is 12.8 Å². The van der Waals surface area contributed by atoms with Gasteiger partial charge in [0.2, 0.25) is 6.08 Å². The summed E-state index contributed by atoms with van der Waals surface area (Å²) in [7, 11) is 0. The van der Waals surface area contributed by atoms with Crippen LogP contribution < -0.4 is 0 Å². The third-order valence-electron chi connectivity index (χ3n) is 1.35. The van der Waals surface area contributed by atoms with E-state index in [1.165, 1.54) is 6.08 Å². The van der Waals surface area contributed by atoms with E-state index >= 15 is 0 Å². The smallest absolute Gasteiger partial charge is 0.237 e. The van der Waals surface area contributed by atoms with E-state index in [1.54, 1.807) is 0 Å². The van der Waals surface area contributed by atoms with Crippen molar-refractivity contribution in [3.05, 3.63) is 0 Å². The molecule has 1 atom stereocenters. The summed E-state index contributed by atoms with van der Waals surface area (Å²) >= 11 is 0. The summed E-state index contributed by atoms with van der Waals surface area (Å²) in [5.74, 6) is 0. The zero-order valence-electron chi connectivity index (χ0n) is 7.17. The average Bonchev–Trinajstić information content (AvgIpc) is 2.03. The Kier molecular flexibility index (Phi) is 7.00. The van der Waals surface area contributed by atoms with Crippen molar-refractivity contribution in [2.24, 2.45) is 4.99 Å². The highest BCUT2D eigenvalue weighted by molar-refractivity contribution is 5.33. The molecule has 0 rings (SSSR count). The summed E-state index contributed by atoms with van der Waals surface area (Å²) in [5.41, 5.74) is 0. The van der Waals surface area contributed by atoms with Crippen LogP contribution in [0.5, 0.6) is 0 Å². The van der Waals surface area contributed by atoms with Gasteiger partial charge in [0.15, 0.2) is 6.23 Å². The lowest BCUT2D eigenvalue weighted by atomic mass is 10.3. The number of isocyanates is 1. The molecule has 0 radical (unpaired) electrons. The molecule has 3 heteroatoms. The zero-order valence-corrected chi connectivity index (χ0v) is 7.17. The van der Waals surface area contributed by atoms with Crippen molar-refractivity contribution in [3.63, 3.8) is 0 Å². The Labute approximate surface area is 67.5 Å². The molecule has 0 spiro atoms. The normalized spacial score (nSPS) is 12.2. The molecule has 11 heavy (non-hydrogen) atoms. The van der Waals surface area contributed by atoms with Gasteiger partial charge < -0.3 is 4.74 Å². The minimum absolute atomic E-state index is 0.279. The lowest BCUT2D eigenvalue weighted by Crippen LogP contribution is -2.09. The SMILES string of the molecule is CCCCOC(CC)N=C=O. The van der Waals surface area contributed by atoms with E-state index in [-0.39, 0.29) is 6.23 Å². The Balaban J connectivity index is 3.43. The van der Waals surface area contributed by atoms with Gasteiger partial charge in [-0.25, -0.2) is 4.79 Å². The molecule has 0 aliphatic carbocycles. The Bertz CT molecular complexity index is 130. The summed E-state index contributed by atoms with van der Waals surface area (Å²) in [6.07, 6.45) is 4.07. The van der Waals surface area contributed by atoms with E-state index in [0.29, 0.717) is 6.61 Å². The van der Waals surface area contributed by atoms with E-state index in [1.807, 2.05) is 6.92 Å². The minimum Gasteiger partial charge on any atom is -0.356 e. The van der Waals surface area contributed by atoms with Crippen molar-refractivity contribution >= 4 is 6.08 Å². The summed E-state index contributed by atoms with van der Waals surface area (Å²) in [4.78, 5) is 13.3. The van der Waals surface area contributed by atoms with Crippen LogP contribution in [-0.2, 0) is 9.53 Å². The van der Waals surface area contributed by atoms with Gasteiger partial charge in [0, 0.05) is 6.61 Å². The first-order valence-corrected chi connectivity index (χ1v) is 4.03. The second-order valence-electron chi connectivity index (χ2n) is 2.31. The van der Waals surface area contributed by atoms with Crippen LogP contribution in [0.25, 0.3) is 0 Å². The maximum absolute atomic E-state index is 9.84. The molecule has 0 aliphatic heterocycles. The van der Waals surface area contributed by atoms with Crippen LogP contribution in [0, 0.1) is 0 Å². The van der Waals surface area contributed by atoms with Crippen molar-refractivity contribution in [2.75, 3.05) is 6.61 Å². The number of hydrogen-bond donors (Lipinski definition) is 0. The van der Waals surface area contributed by atoms with Crippen LogP contribution in [0.3, 0.4) is 0 Å². The predicted octanol–water partition coefficient (Wildman–Crippen LogP) is 1.88. The van der Waals surface area contributed by atoms with Crippen LogP contribution in [0.15, 0.2) is 4.99 Å². The maximum Gasteiger partial charge on any atom is 0.237 e. The van der Waals surface area contributed by atoms with Crippen molar-refractivity contribution in [1.29, 1.82) is 0 Å². The standard InChI is InChI=1S/C8H15NO2/c1-3-5-6-11-8(4-2)9-7-10/h8H,3-6H2,1-2H3. The second-order valence-corrected chi connectivity index (χ2v) is 2.31. The molecule has 0 fully saturated rings. The van der Waals surface area contributed by atoms with Gasteiger partial charge >= 0.3 is 0 Å². The Hall–Kier alpha value is -0.660. The molecule has 0 aromatic rings. The third-order valence-corrected chi connectivity index (χ3v) is 1.35. The Morgan fingerprint density at radius 1 is 1.55 bits per heavy atom. The van der Waals surface area contributed by atoms with E-state index in [4.69, 9.17) is 4.74 Å². The highest BCUT2D eigenvalue weighted by Crippen LogP contribution is 2.00. The molecule has 0 saturated heterocycles. The van der Waals surface area contributed by atoms with Gasteiger partial charge in [-0.1, -0.05) is 20.3 Å². The zero-order chi connectivity index (χ0) is 8.53. The monoisotopic (exact) mass is 157 g/mol. The Morgan fingerprint density at radius 2 is 2.27 bits per heavy atom. The second kappa shape index (κ2) is 7.45. The van der Waals surface area contributed by atoms with Gasteiger partial charge in [-0.2, -0.15) is 4.99 Å². The van der Waals surface area contributed by atoms with Crippen LogP contribution >= 0.6 is 0 Å². The van der Waals surface area contributed by atoms with Crippen molar-refractivity contribution in [3.8, 4) is 0 Å². The third kappa shape index (κ3) is 5.77. The van der Waals surface area contributed by atoms with Crippen molar-refractivity contribution < 1.29 is 9.53 Å². The molecule has 0 aromatic carbocycles. The Morgan fingerprint density at radius 3 is 2.73 bits per heavy atom. The van der Waals surface area contributed by atoms with Gasteiger partial charge in [0.05, 0.1) is 0 Å². The van der Waals surface area contributed by atoms with E-state index in [9.17, 15) is 4.79 Å². The molecule has 0 aliphatic rings. The largest absolute Gasteiger partial charge is 0.356 e. The van der Waals surface area contributed by atoms with Gasteiger partial charge in [0.25, 0.3) is 0 Å². The molecule has 0 bridgehead atoms. The van der Waals surface area contributed by atoms with Crippen molar-refractivity contribution in [2.45, 2.75) is 39.3 Å². The quantitative estimate of drug-likeness (QED) is 0.335. The van der Waals surface area contributed by atoms with Crippen LogP contribution in [0.4, 0.5) is 0 Å². The number of rotatable bonds is 6. The molecular formula is C8H15NO2. The number of carbonyl (C=O) groups excluding carboxylic acids is 1. The van der Waals surface area contributed by atoms with Gasteiger partial charge in [0.1, 0.15) is 0 Å². The van der Waals surface area contributed by atoms with Crippen molar-refractivity contribution in [1.82, 2.24) is 0 Å². The van der Waals surface area contributed by atoms with E-state index in [0.717, 1.165) is 19.3 Å². The fourth-order valence-corrected chi connectivity index (χ4v) is 0.669. The maximum atomic E-state index is 9.84. The van der Waals surface area contributed by atoms with E-state index in [2.05, 4.69) is 11.9 Å². The highest BCUT2D eigenvalue weighted by atomic mass is 16.5. The number of aliphatic imine (C=N–C) groups is 1. The average molecular weight is 157 g/mol. The first-order chi connectivity index (χ1) is 5.35. The summed E-state index contributed by atoms with van der Waals surface area (Å²) in [6.45, 7) is 4.70. The topological polar surface area (TPSA) is 38.7 Å². The molecule has 0 heterocycles. The number of ether oxygens (including phenoxy) is 1. The van der Waals surface area contributed by atoms with Gasteiger partial charge in [-0.15, -0.1) is 0 Å². The first kappa shape index (κ1) is 10.3. The summed E-state index contributed by atoms with van der Waals surface area (Å²) < 4.78 is 5.24. The molecule has 1 unspecified atom stereocenters. The van der Waals surface area contributed by atoms with Crippen LogP contribution in [0.1, 0.15) is 33.1 Å². The first-order valence-electron chi connectivity index (χ1n) is 4.03. The molecule has 0 N–H and O–H groups in total. The molecule has 64 valence electrons. The molecule has 3 nitrogen and oxygen atoms in total. The fourth-order valence-electron chi connectivity index (χ4n) is 0.669. The molecular weight excluding hydrogens is 142 g/mol. The highest BCUT2D eigenvalue weighted by Gasteiger charge is 2.01. The molecule has 0 aromatic heterocycles. The summed E-state index contributed by atoms with van der Waals surface area (Å²) in [6, 6.07) is 0. The fraction of sp³-hybridized carbons (Fsp3) is 0.875. The lowest BCUT2D eigenvalue weighted by molar-refractivity contribution is 0.0551. The van der Waals surface area contributed by atoms with Crippen LogP contribution in [-0.4, -0.2) is 18.9 Å². The van der Waals surface area contributed by atoms with Crippen LogP contribution in [0.2, 0.25) is 0 Å². The number of hydrogen-bond acceptors (Lipinski definition) is 3. The van der Waals surface area contributed by atoms with E-state index < -0.39 is 0 Å². The lowest BCUT2D eigenvalue weighted by Gasteiger charge is -2.07. The summed E-state index contributed by atoms with van der Waals surface area (Å²) in [5, 5.41) is 0. The molecule has 0 amide bonds.